The van der Waals surface area contributed by atoms with Gasteiger partial charge in [-0.15, -0.1) is 11.8 Å². The first-order valence-corrected chi connectivity index (χ1v) is 6.98. The Morgan fingerprint density at radius 3 is 3.06 bits per heavy atom. The van der Waals surface area contributed by atoms with Gasteiger partial charge in [0.05, 0.1) is 5.37 Å². The van der Waals surface area contributed by atoms with Gasteiger partial charge < -0.3 is 9.84 Å². The van der Waals surface area contributed by atoms with Crippen LogP contribution in [0.4, 0.5) is 0 Å². The molecule has 0 spiro atoms. The van der Waals surface area contributed by atoms with Gasteiger partial charge in [0.1, 0.15) is 18.4 Å². The van der Waals surface area contributed by atoms with E-state index >= 15 is 0 Å². The quantitative estimate of drug-likeness (QED) is 0.888. The van der Waals surface area contributed by atoms with Gasteiger partial charge in [0.25, 0.3) is 0 Å². The van der Waals surface area contributed by atoms with Crippen LogP contribution in [-0.2, 0) is 4.79 Å². The van der Waals surface area contributed by atoms with Crippen molar-refractivity contribution in [1.29, 1.82) is 0 Å². The Bertz CT molecular complexity index is 455. The average Bonchev–Trinajstić information content (AvgIpc) is 2.79. The molecular formula is C12H14ClNO3S. The SMILES string of the molecule is Cc1cc(OCC2NC(C(=O)O)CS2)ccc1Cl. The maximum Gasteiger partial charge on any atom is 0.321 e. The van der Waals surface area contributed by atoms with Crippen molar-refractivity contribution in [3.63, 3.8) is 0 Å². The Labute approximate surface area is 115 Å². The second-order valence-electron chi connectivity index (χ2n) is 4.10. The summed E-state index contributed by atoms with van der Waals surface area (Å²) < 4.78 is 5.62. The van der Waals surface area contributed by atoms with Gasteiger partial charge in [0, 0.05) is 10.8 Å². The van der Waals surface area contributed by atoms with Gasteiger partial charge in [0.15, 0.2) is 0 Å². The number of aryl methyl sites for hydroxylation is 1. The lowest BCUT2D eigenvalue weighted by molar-refractivity contribution is -0.138. The molecule has 2 N–H and O–H groups in total. The lowest BCUT2D eigenvalue weighted by atomic mass is 10.2. The van der Waals surface area contributed by atoms with Gasteiger partial charge in [-0.05, 0) is 30.7 Å². The van der Waals surface area contributed by atoms with Crippen LogP contribution in [0.15, 0.2) is 18.2 Å². The molecule has 0 aromatic heterocycles. The van der Waals surface area contributed by atoms with Crippen LogP contribution in [0, 0.1) is 6.92 Å². The van der Waals surface area contributed by atoms with Crippen molar-refractivity contribution in [1.82, 2.24) is 5.32 Å². The fourth-order valence-electron chi connectivity index (χ4n) is 1.65. The maximum atomic E-state index is 10.8. The van der Waals surface area contributed by atoms with Crippen LogP contribution in [0.5, 0.6) is 5.75 Å². The van der Waals surface area contributed by atoms with Crippen molar-refractivity contribution in [3.8, 4) is 5.75 Å². The Balaban J connectivity index is 1.85. The van der Waals surface area contributed by atoms with Crippen LogP contribution in [0.3, 0.4) is 0 Å². The second kappa shape index (κ2) is 5.82. The molecule has 0 bridgehead atoms. The predicted octanol–water partition coefficient (Wildman–Crippen LogP) is 2.14. The van der Waals surface area contributed by atoms with E-state index in [-0.39, 0.29) is 5.37 Å². The fraction of sp³-hybridized carbons (Fsp3) is 0.417. The Morgan fingerprint density at radius 2 is 2.44 bits per heavy atom. The van der Waals surface area contributed by atoms with E-state index in [2.05, 4.69) is 5.32 Å². The van der Waals surface area contributed by atoms with Gasteiger partial charge >= 0.3 is 5.97 Å². The van der Waals surface area contributed by atoms with Crippen molar-refractivity contribution < 1.29 is 14.6 Å². The van der Waals surface area contributed by atoms with Gasteiger partial charge in [-0.1, -0.05) is 11.6 Å². The number of ether oxygens (including phenoxy) is 1. The van der Waals surface area contributed by atoms with Crippen LogP contribution < -0.4 is 10.1 Å². The third-order valence-corrected chi connectivity index (χ3v) is 4.30. The number of rotatable bonds is 4. The summed E-state index contributed by atoms with van der Waals surface area (Å²) in [6.45, 7) is 2.35. The normalized spacial score (nSPS) is 23.0. The van der Waals surface area contributed by atoms with Gasteiger partial charge in [-0.25, -0.2) is 0 Å². The summed E-state index contributed by atoms with van der Waals surface area (Å²) in [4.78, 5) is 10.8. The molecule has 6 heteroatoms. The first kappa shape index (κ1) is 13.5. The third-order valence-electron chi connectivity index (χ3n) is 2.68. The molecule has 0 radical (unpaired) electrons. The Kier molecular flexibility index (Phi) is 4.37. The number of hydrogen-bond donors (Lipinski definition) is 2. The van der Waals surface area contributed by atoms with Gasteiger partial charge in [-0.2, -0.15) is 0 Å². The third kappa shape index (κ3) is 3.31. The van der Waals surface area contributed by atoms with E-state index < -0.39 is 12.0 Å². The standard InChI is InChI=1S/C12H14ClNO3S/c1-7-4-8(2-3-9(7)13)17-5-11-14-10(6-18-11)12(15)16/h2-4,10-11,14H,5-6H2,1H3,(H,15,16). The van der Waals surface area contributed by atoms with Crippen LogP contribution >= 0.6 is 23.4 Å². The monoisotopic (exact) mass is 287 g/mol. The molecular weight excluding hydrogens is 274 g/mol. The number of carboxylic acid groups (broad SMARTS) is 1. The molecule has 1 saturated heterocycles. The minimum absolute atomic E-state index is 0.0158. The summed E-state index contributed by atoms with van der Waals surface area (Å²) in [6, 6.07) is 5.00. The van der Waals surface area contributed by atoms with Crippen LogP contribution in [0.1, 0.15) is 5.56 Å². The Hall–Kier alpha value is -0.910. The molecule has 2 atom stereocenters. The maximum absolute atomic E-state index is 10.8. The van der Waals surface area contributed by atoms with E-state index in [0.717, 1.165) is 11.3 Å². The lowest BCUT2D eigenvalue weighted by Crippen LogP contribution is -2.38. The summed E-state index contributed by atoms with van der Waals surface area (Å²) in [5, 5.41) is 12.6. The molecule has 2 rings (SSSR count). The van der Waals surface area contributed by atoms with Crippen LogP contribution in [-0.4, -0.2) is 34.9 Å². The number of carboxylic acids is 1. The molecule has 1 heterocycles. The van der Waals surface area contributed by atoms with Crippen molar-refractivity contribution in [2.45, 2.75) is 18.3 Å². The largest absolute Gasteiger partial charge is 0.491 e. The van der Waals surface area contributed by atoms with Gasteiger partial charge in [-0.3, -0.25) is 10.1 Å². The molecule has 1 aliphatic heterocycles. The summed E-state index contributed by atoms with van der Waals surface area (Å²) >= 11 is 7.49. The van der Waals surface area contributed by atoms with Crippen molar-refractivity contribution in [2.75, 3.05) is 12.4 Å². The molecule has 18 heavy (non-hydrogen) atoms. The first-order chi connectivity index (χ1) is 8.56. The average molecular weight is 288 g/mol. The minimum Gasteiger partial charge on any atom is -0.491 e. The summed E-state index contributed by atoms with van der Waals surface area (Å²) in [5.74, 6) is 0.508. The van der Waals surface area contributed by atoms with E-state index in [1.165, 1.54) is 0 Å². The molecule has 98 valence electrons. The zero-order valence-electron chi connectivity index (χ0n) is 9.85. The number of halogens is 1. The zero-order chi connectivity index (χ0) is 13.1. The summed E-state index contributed by atoms with van der Waals surface area (Å²) in [7, 11) is 0. The van der Waals surface area contributed by atoms with Crippen LogP contribution in [0.25, 0.3) is 0 Å². The topological polar surface area (TPSA) is 58.6 Å². The van der Waals surface area contributed by atoms with Crippen molar-refractivity contribution in [2.24, 2.45) is 0 Å². The molecule has 0 amide bonds. The number of thioether (sulfide) groups is 1. The van der Waals surface area contributed by atoms with Crippen molar-refractivity contribution >= 4 is 29.3 Å². The number of benzene rings is 1. The minimum atomic E-state index is -0.813. The zero-order valence-corrected chi connectivity index (χ0v) is 11.4. The molecule has 4 nitrogen and oxygen atoms in total. The van der Waals surface area contributed by atoms with E-state index in [0.29, 0.717) is 17.4 Å². The smallest absolute Gasteiger partial charge is 0.321 e. The molecule has 1 aliphatic rings. The molecule has 0 saturated carbocycles. The molecule has 0 aliphatic carbocycles. The number of nitrogens with one attached hydrogen (secondary N) is 1. The molecule has 1 fully saturated rings. The first-order valence-electron chi connectivity index (χ1n) is 5.55. The predicted molar refractivity (Wildman–Crippen MR) is 72.5 cm³/mol. The number of hydrogen-bond acceptors (Lipinski definition) is 4. The highest BCUT2D eigenvalue weighted by molar-refractivity contribution is 8.00. The highest BCUT2D eigenvalue weighted by atomic mass is 35.5. The molecule has 1 aromatic carbocycles. The number of aliphatic carboxylic acids is 1. The molecule has 1 aromatic rings. The second-order valence-corrected chi connectivity index (χ2v) is 5.74. The van der Waals surface area contributed by atoms with E-state index in [1.807, 2.05) is 19.1 Å². The molecule has 2 unspecified atom stereocenters. The van der Waals surface area contributed by atoms with E-state index in [1.54, 1.807) is 17.8 Å². The number of carbonyl (C=O) groups is 1. The van der Waals surface area contributed by atoms with E-state index in [9.17, 15) is 4.79 Å². The van der Waals surface area contributed by atoms with E-state index in [4.69, 9.17) is 21.4 Å². The lowest BCUT2D eigenvalue weighted by Gasteiger charge is -2.13. The van der Waals surface area contributed by atoms with Crippen LogP contribution in [0.2, 0.25) is 5.02 Å². The highest BCUT2D eigenvalue weighted by Crippen LogP contribution is 2.23. The summed E-state index contributed by atoms with van der Waals surface area (Å²) in [6.07, 6.45) is 0. The van der Waals surface area contributed by atoms with Gasteiger partial charge in [0.2, 0.25) is 0 Å². The highest BCUT2D eigenvalue weighted by Gasteiger charge is 2.29. The van der Waals surface area contributed by atoms with Crippen molar-refractivity contribution in [3.05, 3.63) is 28.8 Å². The summed E-state index contributed by atoms with van der Waals surface area (Å²) in [5.41, 5.74) is 0.963. The fourth-order valence-corrected chi connectivity index (χ4v) is 2.86. The Morgan fingerprint density at radius 1 is 1.67 bits per heavy atom.